The molecule has 0 saturated heterocycles. The molecule has 0 aromatic rings. The van der Waals surface area contributed by atoms with E-state index in [1.54, 1.807) is 0 Å². The third-order valence-corrected chi connectivity index (χ3v) is 13.8. The third-order valence-electron chi connectivity index (χ3n) is 13.8. The molecule has 35 heavy (non-hydrogen) atoms. The molecule has 3 nitrogen and oxygen atoms in total. The summed E-state index contributed by atoms with van der Waals surface area (Å²) in [6.07, 6.45) is 12.0. The largest absolute Gasteiger partial charge is 0.481 e. The van der Waals surface area contributed by atoms with Gasteiger partial charge in [0, 0.05) is 0 Å². The average molecular weight is 487 g/mol. The fourth-order valence-electron chi connectivity index (χ4n) is 12.1. The molecule has 0 heterocycles. The molecule has 0 amide bonds. The van der Waals surface area contributed by atoms with Crippen molar-refractivity contribution >= 4 is 5.97 Å². The molecule has 5 saturated carbocycles. The number of fused-ring (bicyclic) bond motifs is 7. The summed E-state index contributed by atoms with van der Waals surface area (Å²) in [4.78, 5) is 12.9. The van der Waals surface area contributed by atoms with Crippen molar-refractivity contribution < 1.29 is 15.0 Å². The normalized spacial score (nSPS) is 53.2. The minimum absolute atomic E-state index is 0.0135. The second-order valence-electron chi connectivity index (χ2n) is 16.6. The Morgan fingerprint density at radius 1 is 0.800 bits per heavy atom. The van der Waals surface area contributed by atoms with Crippen LogP contribution in [0.5, 0.6) is 0 Å². The molecule has 0 radical (unpaired) electrons. The van der Waals surface area contributed by atoms with Crippen LogP contribution in [0.2, 0.25) is 0 Å². The molecule has 0 spiro atoms. The first-order chi connectivity index (χ1) is 16.0. The fraction of sp³-hybridized carbons (Fsp3) is 0.969. The van der Waals surface area contributed by atoms with Gasteiger partial charge in [0.1, 0.15) is 0 Å². The summed E-state index contributed by atoms with van der Waals surface area (Å²) < 4.78 is 0. The predicted molar refractivity (Wildman–Crippen MR) is 142 cm³/mol. The Morgan fingerprint density at radius 2 is 1.49 bits per heavy atom. The smallest absolute Gasteiger partial charge is 0.309 e. The fourth-order valence-corrected chi connectivity index (χ4v) is 12.1. The zero-order valence-corrected chi connectivity index (χ0v) is 24.0. The van der Waals surface area contributed by atoms with E-state index in [9.17, 15) is 15.0 Å². The van der Waals surface area contributed by atoms with Gasteiger partial charge in [-0.25, -0.2) is 0 Å². The lowest BCUT2D eigenvalue weighted by Crippen LogP contribution is -2.67. The van der Waals surface area contributed by atoms with Gasteiger partial charge in [0.25, 0.3) is 0 Å². The highest BCUT2D eigenvalue weighted by molar-refractivity contribution is 5.76. The van der Waals surface area contributed by atoms with E-state index in [4.69, 9.17) is 0 Å². The van der Waals surface area contributed by atoms with E-state index in [0.717, 1.165) is 44.9 Å². The Hall–Kier alpha value is -0.570. The molecule has 5 rings (SSSR count). The highest BCUT2D eigenvalue weighted by Crippen LogP contribution is 2.77. The maximum absolute atomic E-state index is 12.9. The third kappa shape index (κ3) is 3.34. The number of hydrogen-bond donors (Lipinski definition) is 2. The summed E-state index contributed by atoms with van der Waals surface area (Å²) in [5.41, 5.74) is 0.509. The molecule has 3 heteroatoms. The topological polar surface area (TPSA) is 57.5 Å². The number of carboxylic acid groups (broad SMARTS) is 1. The van der Waals surface area contributed by atoms with Gasteiger partial charge < -0.3 is 10.2 Å². The molecule has 5 fully saturated rings. The number of aliphatic hydroxyl groups excluding tert-OH is 1. The van der Waals surface area contributed by atoms with Gasteiger partial charge in [0.05, 0.1) is 11.5 Å². The summed E-state index contributed by atoms with van der Waals surface area (Å²) in [5.74, 6) is 2.19. The van der Waals surface area contributed by atoms with Crippen molar-refractivity contribution in [3.63, 3.8) is 0 Å². The number of hydrogen-bond acceptors (Lipinski definition) is 2. The van der Waals surface area contributed by atoms with Gasteiger partial charge in [0.15, 0.2) is 0 Å². The van der Waals surface area contributed by atoms with Gasteiger partial charge in [-0.1, -0.05) is 55.4 Å². The minimum atomic E-state index is -0.494. The van der Waals surface area contributed by atoms with E-state index in [1.807, 2.05) is 0 Å². The summed E-state index contributed by atoms with van der Waals surface area (Å²) in [6.45, 7) is 19.5. The van der Waals surface area contributed by atoms with E-state index >= 15 is 0 Å². The minimum Gasteiger partial charge on any atom is -0.481 e. The lowest BCUT2D eigenvalue weighted by Gasteiger charge is -2.72. The maximum Gasteiger partial charge on any atom is 0.309 e. The lowest BCUT2D eigenvalue weighted by molar-refractivity contribution is -0.249. The van der Waals surface area contributed by atoms with Crippen LogP contribution in [0.15, 0.2) is 0 Å². The molecule has 0 aliphatic heterocycles. The zero-order chi connectivity index (χ0) is 25.8. The quantitative estimate of drug-likeness (QED) is 0.416. The summed E-state index contributed by atoms with van der Waals surface area (Å²) in [6, 6.07) is 0. The monoisotopic (exact) mass is 486 g/mol. The maximum atomic E-state index is 12.9. The average Bonchev–Trinajstić information content (AvgIpc) is 3.10. The first-order valence-corrected chi connectivity index (χ1v) is 14.9. The molecule has 200 valence electrons. The lowest BCUT2D eigenvalue weighted by atomic mass is 9.32. The molecule has 5 aliphatic rings. The number of rotatable bonds is 2. The number of aliphatic carboxylic acids is 1. The van der Waals surface area contributed by atoms with Crippen LogP contribution < -0.4 is 0 Å². The molecule has 0 bridgehead atoms. The summed E-state index contributed by atoms with van der Waals surface area (Å²) in [7, 11) is 0. The number of aliphatic hydroxyl groups is 1. The van der Waals surface area contributed by atoms with Crippen LogP contribution in [0, 0.1) is 62.1 Å². The van der Waals surface area contributed by atoms with E-state index in [0.29, 0.717) is 29.6 Å². The van der Waals surface area contributed by atoms with Gasteiger partial charge >= 0.3 is 5.97 Å². The van der Waals surface area contributed by atoms with Crippen molar-refractivity contribution in [1.29, 1.82) is 0 Å². The van der Waals surface area contributed by atoms with Crippen LogP contribution in [0.1, 0.15) is 126 Å². The van der Waals surface area contributed by atoms with Crippen molar-refractivity contribution in [3.05, 3.63) is 0 Å². The van der Waals surface area contributed by atoms with Gasteiger partial charge in [-0.3, -0.25) is 4.79 Å². The Labute approximate surface area is 215 Å². The van der Waals surface area contributed by atoms with Crippen molar-refractivity contribution in [2.75, 3.05) is 0 Å². The molecule has 0 aromatic carbocycles. The van der Waals surface area contributed by atoms with Gasteiger partial charge in [-0.15, -0.1) is 0 Å². The van der Waals surface area contributed by atoms with Gasteiger partial charge in [0.2, 0.25) is 0 Å². The van der Waals surface area contributed by atoms with Crippen molar-refractivity contribution in [1.82, 2.24) is 0 Å². The van der Waals surface area contributed by atoms with E-state index in [-0.39, 0.29) is 33.2 Å². The molecule has 10 atom stereocenters. The summed E-state index contributed by atoms with van der Waals surface area (Å²) in [5, 5.41) is 21.6. The van der Waals surface area contributed by atoms with Crippen molar-refractivity contribution in [3.8, 4) is 0 Å². The molecular weight excluding hydrogens is 432 g/mol. The van der Waals surface area contributed by atoms with E-state index in [1.165, 1.54) is 25.7 Å². The van der Waals surface area contributed by atoms with Crippen molar-refractivity contribution in [2.24, 2.45) is 62.1 Å². The van der Waals surface area contributed by atoms with Crippen LogP contribution in [-0.4, -0.2) is 22.3 Å². The zero-order valence-electron chi connectivity index (χ0n) is 24.0. The standard InChI is InChI=1S/C32H54O3/c1-27(2,3)19-20-11-16-32(26(34)35)18-17-30(7)21(25(20)32)9-10-23-29(6)14-13-24(33)28(4,5)22(29)12-15-31(23,30)8/h20-25,33H,9-19H2,1-8H3,(H,34,35)/t20-,21?,22?,23?,24-,25+,29-,30+,31+,32-/m0/s1. The van der Waals surface area contributed by atoms with E-state index in [2.05, 4.69) is 55.4 Å². The molecule has 2 N–H and O–H groups in total. The van der Waals surface area contributed by atoms with Crippen molar-refractivity contribution in [2.45, 2.75) is 132 Å². The van der Waals surface area contributed by atoms with Crippen LogP contribution >= 0.6 is 0 Å². The van der Waals surface area contributed by atoms with Gasteiger partial charge in [-0.05, 0) is 127 Å². The summed E-state index contributed by atoms with van der Waals surface area (Å²) >= 11 is 0. The van der Waals surface area contributed by atoms with Gasteiger partial charge in [-0.2, -0.15) is 0 Å². The number of carboxylic acids is 1. The SMILES string of the molecule is CC(C)(C)C[C@@H]1CC[C@]2(C(=O)O)CC[C@]3(C)C(CCC4[C@@]5(C)CC[C@H](O)C(C)(C)C5CC[C@]43C)[C@@H]12. The molecule has 0 aromatic heterocycles. The van der Waals surface area contributed by atoms with Crippen LogP contribution in [0.3, 0.4) is 0 Å². The second-order valence-corrected chi connectivity index (χ2v) is 16.6. The Kier molecular flexibility index (Phi) is 5.76. The Balaban J connectivity index is 1.54. The van der Waals surface area contributed by atoms with Crippen LogP contribution in [0.4, 0.5) is 0 Å². The molecule has 5 aliphatic carbocycles. The first kappa shape index (κ1) is 26.1. The highest BCUT2D eigenvalue weighted by atomic mass is 16.4. The Bertz CT molecular complexity index is 871. The van der Waals surface area contributed by atoms with Crippen LogP contribution in [0.25, 0.3) is 0 Å². The number of carbonyl (C=O) groups is 1. The first-order valence-electron chi connectivity index (χ1n) is 14.9. The highest BCUT2D eigenvalue weighted by Gasteiger charge is 2.72. The predicted octanol–water partition coefficient (Wildman–Crippen LogP) is 7.95. The molecule has 3 unspecified atom stereocenters. The Morgan fingerprint density at radius 3 is 2.11 bits per heavy atom. The van der Waals surface area contributed by atoms with Crippen LogP contribution in [-0.2, 0) is 4.79 Å². The molecular formula is C32H54O3. The van der Waals surface area contributed by atoms with E-state index < -0.39 is 11.4 Å². The second kappa shape index (κ2) is 7.73.